The second kappa shape index (κ2) is 6.13. The van der Waals surface area contributed by atoms with Crippen molar-refractivity contribution in [2.75, 3.05) is 0 Å². The van der Waals surface area contributed by atoms with E-state index in [9.17, 15) is 9.59 Å². The van der Waals surface area contributed by atoms with E-state index in [1.54, 1.807) is 24.3 Å². The van der Waals surface area contributed by atoms with Gasteiger partial charge in [0, 0.05) is 6.42 Å². The molecule has 0 fully saturated rings. The van der Waals surface area contributed by atoms with Crippen LogP contribution in [0.4, 0.5) is 0 Å². The van der Waals surface area contributed by atoms with Crippen LogP contribution in [-0.4, -0.2) is 54.6 Å². The number of hydrogen-bond acceptors (Lipinski definition) is 2. The molecule has 0 aliphatic heterocycles. The molecule has 4 heteroatoms. The molecule has 1 rings (SSSR count). The molecule has 0 atom stereocenters. The Labute approximate surface area is 106 Å². The molecule has 0 amide bonds. The summed E-state index contributed by atoms with van der Waals surface area (Å²) in [4.78, 5) is 20.9. The summed E-state index contributed by atoms with van der Waals surface area (Å²) in [6.45, 7) is 0. The molecule has 66 valence electrons. The van der Waals surface area contributed by atoms with Crippen LogP contribution >= 0.6 is 0 Å². The molecular formula is C9H10CaO3. The first-order chi connectivity index (χ1) is 5.70. The monoisotopic (exact) mass is 206 g/mol. The maximum absolute atomic E-state index is 10.7. The molecule has 0 unspecified atom stereocenters. The number of hydrogen-bond donors (Lipinski definition) is 1. The minimum atomic E-state index is -1.38. The van der Waals surface area contributed by atoms with Crippen molar-refractivity contribution >= 4 is 49.5 Å². The number of carboxylic acids is 1. The molecule has 0 radical (unpaired) electrons. The molecule has 1 N–H and O–H groups in total. The van der Waals surface area contributed by atoms with Gasteiger partial charge >= 0.3 is 43.7 Å². The van der Waals surface area contributed by atoms with Crippen molar-refractivity contribution in [1.82, 2.24) is 0 Å². The van der Waals surface area contributed by atoms with Crippen LogP contribution in [0.5, 0.6) is 0 Å². The molecule has 0 bridgehead atoms. The van der Waals surface area contributed by atoms with Gasteiger partial charge in [0.15, 0.2) is 0 Å². The first-order valence-electron chi connectivity index (χ1n) is 3.50. The second-order valence-corrected chi connectivity index (χ2v) is 2.39. The van der Waals surface area contributed by atoms with E-state index in [4.69, 9.17) is 5.11 Å². The van der Waals surface area contributed by atoms with Gasteiger partial charge in [-0.3, -0.25) is 4.79 Å². The molecule has 0 heterocycles. The summed E-state index contributed by atoms with van der Waals surface area (Å²) in [5, 5.41) is 8.29. The van der Waals surface area contributed by atoms with E-state index in [-0.39, 0.29) is 44.2 Å². The number of Topliss-reactive ketones (excluding diaryl/α,β-unsaturated/α-hetero) is 1. The van der Waals surface area contributed by atoms with Crippen LogP contribution in [0.3, 0.4) is 0 Å². The number of carboxylic acid groups (broad SMARTS) is 1. The van der Waals surface area contributed by atoms with Crippen molar-refractivity contribution in [1.29, 1.82) is 0 Å². The minimum absolute atomic E-state index is 0. The van der Waals surface area contributed by atoms with Crippen LogP contribution in [0.2, 0.25) is 0 Å². The van der Waals surface area contributed by atoms with Crippen molar-refractivity contribution in [3.05, 3.63) is 35.9 Å². The summed E-state index contributed by atoms with van der Waals surface area (Å²) in [5.74, 6) is -2.15. The Balaban J connectivity index is 0.00000144. The summed E-state index contributed by atoms with van der Waals surface area (Å²) in [5.41, 5.74) is 0.727. The molecular weight excluding hydrogens is 196 g/mol. The third kappa shape index (κ3) is 4.41. The predicted molar refractivity (Wildman–Crippen MR) is 51.3 cm³/mol. The fourth-order valence-corrected chi connectivity index (χ4v) is 0.857. The molecule has 0 aliphatic rings. The van der Waals surface area contributed by atoms with Crippen molar-refractivity contribution < 1.29 is 14.7 Å². The van der Waals surface area contributed by atoms with Gasteiger partial charge in [0.1, 0.15) is 0 Å². The van der Waals surface area contributed by atoms with Crippen molar-refractivity contribution in [2.45, 2.75) is 6.42 Å². The van der Waals surface area contributed by atoms with Gasteiger partial charge in [-0.15, -0.1) is 0 Å². The molecule has 0 saturated carbocycles. The molecule has 0 aliphatic carbocycles. The van der Waals surface area contributed by atoms with E-state index in [2.05, 4.69) is 0 Å². The summed E-state index contributed by atoms with van der Waals surface area (Å²) in [6, 6.07) is 8.80. The molecule has 1 aromatic carbocycles. The normalized spacial score (nSPS) is 8.62. The zero-order chi connectivity index (χ0) is 8.97. The SMILES string of the molecule is O=C(O)C(=O)Cc1ccccc1.[CaH2]. The fourth-order valence-electron chi connectivity index (χ4n) is 0.857. The van der Waals surface area contributed by atoms with Crippen LogP contribution in [0.25, 0.3) is 0 Å². The van der Waals surface area contributed by atoms with Gasteiger partial charge in [0.25, 0.3) is 0 Å². The first-order valence-corrected chi connectivity index (χ1v) is 3.50. The predicted octanol–water partition coefficient (Wildman–Crippen LogP) is -0.0334. The van der Waals surface area contributed by atoms with Crippen LogP contribution < -0.4 is 0 Å². The molecule has 0 aromatic heterocycles. The van der Waals surface area contributed by atoms with E-state index in [0.29, 0.717) is 0 Å². The molecule has 13 heavy (non-hydrogen) atoms. The van der Waals surface area contributed by atoms with Gasteiger partial charge in [0.05, 0.1) is 0 Å². The van der Waals surface area contributed by atoms with Gasteiger partial charge in [-0.05, 0) is 5.56 Å². The number of ketones is 1. The van der Waals surface area contributed by atoms with Gasteiger partial charge in [-0.2, -0.15) is 0 Å². The standard InChI is InChI=1S/C9H8O3.Ca.2H/c10-8(9(11)12)6-7-4-2-1-3-5-7;;;/h1-5H,6H2,(H,11,12);;;. The van der Waals surface area contributed by atoms with Crippen LogP contribution in [0, 0.1) is 0 Å². The number of rotatable bonds is 3. The van der Waals surface area contributed by atoms with E-state index in [1.165, 1.54) is 0 Å². The average Bonchev–Trinajstić information content (AvgIpc) is 2.06. The van der Waals surface area contributed by atoms with Crippen molar-refractivity contribution in [2.24, 2.45) is 0 Å². The first kappa shape index (κ1) is 12.6. The van der Waals surface area contributed by atoms with E-state index in [1.807, 2.05) is 6.07 Å². The Kier molecular flexibility index (Phi) is 5.95. The zero-order valence-corrected chi connectivity index (χ0v) is 6.36. The Morgan fingerprint density at radius 1 is 1.15 bits per heavy atom. The number of benzene rings is 1. The Morgan fingerprint density at radius 3 is 2.15 bits per heavy atom. The summed E-state index contributed by atoms with van der Waals surface area (Å²) in [6.07, 6.45) is -0.0316. The van der Waals surface area contributed by atoms with Crippen LogP contribution in [0.15, 0.2) is 30.3 Å². The van der Waals surface area contributed by atoms with E-state index >= 15 is 0 Å². The molecule has 3 nitrogen and oxygen atoms in total. The molecule has 0 spiro atoms. The Morgan fingerprint density at radius 2 is 1.69 bits per heavy atom. The Hall–Kier alpha value is -0.380. The third-order valence-corrected chi connectivity index (χ3v) is 1.45. The zero-order valence-electron chi connectivity index (χ0n) is 6.36. The van der Waals surface area contributed by atoms with E-state index in [0.717, 1.165) is 5.56 Å². The van der Waals surface area contributed by atoms with Gasteiger partial charge in [-0.1, -0.05) is 30.3 Å². The number of carbonyl (C=O) groups is 2. The third-order valence-electron chi connectivity index (χ3n) is 1.45. The number of aliphatic carboxylic acids is 1. The number of carbonyl (C=O) groups excluding carboxylic acids is 1. The van der Waals surface area contributed by atoms with Gasteiger partial charge < -0.3 is 5.11 Å². The van der Waals surface area contributed by atoms with E-state index < -0.39 is 11.8 Å². The van der Waals surface area contributed by atoms with Gasteiger partial charge in [-0.25, -0.2) is 4.79 Å². The fraction of sp³-hybridized carbons (Fsp3) is 0.111. The maximum atomic E-state index is 10.7. The summed E-state index contributed by atoms with van der Waals surface area (Å²) < 4.78 is 0. The quantitative estimate of drug-likeness (QED) is 0.558. The summed E-state index contributed by atoms with van der Waals surface area (Å²) >= 11 is 0. The van der Waals surface area contributed by atoms with Crippen molar-refractivity contribution in [3.63, 3.8) is 0 Å². The van der Waals surface area contributed by atoms with Gasteiger partial charge in [0.2, 0.25) is 5.78 Å². The van der Waals surface area contributed by atoms with Crippen LogP contribution in [-0.2, 0) is 16.0 Å². The van der Waals surface area contributed by atoms with Crippen molar-refractivity contribution in [3.8, 4) is 0 Å². The summed E-state index contributed by atoms with van der Waals surface area (Å²) in [7, 11) is 0. The molecule has 0 saturated heterocycles. The molecule has 1 aromatic rings. The second-order valence-electron chi connectivity index (χ2n) is 2.39. The Bertz CT molecular complexity index is 295. The van der Waals surface area contributed by atoms with Crippen LogP contribution in [0.1, 0.15) is 5.56 Å². The topological polar surface area (TPSA) is 54.4 Å². The average molecular weight is 206 g/mol.